The molecule has 0 unspecified atom stereocenters. The summed E-state index contributed by atoms with van der Waals surface area (Å²) in [5.41, 5.74) is 2.71. The molecule has 0 bridgehead atoms. The summed E-state index contributed by atoms with van der Waals surface area (Å²) in [5.74, 6) is 4.04. The van der Waals surface area contributed by atoms with Gasteiger partial charge in [0.1, 0.15) is 0 Å². The van der Waals surface area contributed by atoms with Crippen molar-refractivity contribution in [2.24, 2.45) is 0 Å². The molecule has 0 N–H and O–H groups in total. The lowest BCUT2D eigenvalue weighted by Crippen LogP contribution is -1.85. The van der Waals surface area contributed by atoms with Crippen LogP contribution >= 0.6 is 12.6 Å². The lowest BCUT2D eigenvalue weighted by Gasteiger charge is -2.04. The number of hydrogen-bond donors (Lipinski definition) is 1. The van der Waals surface area contributed by atoms with Crippen molar-refractivity contribution in [3.8, 4) is 16.9 Å². The van der Waals surface area contributed by atoms with Crippen molar-refractivity contribution in [2.75, 3.05) is 7.11 Å². The Morgan fingerprint density at radius 3 is 2.82 bits per heavy atom. The molecule has 0 amide bonds. The zero-order chi connectivity index (χ0) is 12.4. The average Bonchev–Trinajstić information content (AvgIpc) is 2.71. The van der Waals surface area contributed by atoms with Crippen molar-refractivity contribution >= 4 is 29.2 Å². The maximum atomic E-state index is 5.63. The molecule has 0 spiro atoms. The molecule has 17 heavy (non-hydrogen) atoms. The SMILES string of the molecule is C=C(C)c1ccc(OC)c2oc(C#CS)cc12. The van der Waals surface area contributed by atoms with E-state index in [-0.39, 0.29) is 0 Å². The van der Waals surface area contributed by atoms with E-state index >= 15 is 0 Å². The molecule has 0 radical (unpaired) electrons. The van der Waals surface area contributed by atoms with E-state index in [0.717, 1.165) is 16.5 Å². The van der Waals surface area contributed by atoms with E-state index < -0.39 is 0 Å². The Morgan fingerprint density at radius 1 is 1.47 bits per heavy atom. The topological polar surface area (TPSA) is 22.4 Å². The summed E-state index contributed by atoms with van der Waals surface area (Å²) in [5, 5.41) is 3.48. The van der Waals surface area contributed by atoms with Gasteiger partial charge in [0, 0.05) is 11.5 Å². The van der Waals surface area contributed by atoms with E-state index in [1.807, 2.05) is 25.1 Å². The second kappa shape index (κ2) is 4.60. The van der Waals surface area contributed by atoms with Gasteiger partial charge >= 0.3 is 0 Å². The van der Waals surface area contributed by atoms with Gasteiger partial charge in [0.25, 0.3) is 0 Å². The van der Waals surface area contributed by atoms with Gasteiger partial charge in [-0.25, -0.2) is 0 Å². The van der Waals surface area contributed by atoms with Crippen molar-refractivity contribution in [3.05, 3.63) is 36.1 Å². The number of ether oxygens (including phenoxy) is 1. The molecule has 0 saturated carbocycles. The standard InChI is InChI=1S/C14H12O2S/c1-9(2)11-4-5-13(15-3)14-12(11)8-10(16-14)6-7-17/h4-5,8,17H,1H2,2-3H3. The predicted octanol–water partition coefficient (Wildman–Crippen LogP) is 3.71. The van der Waals surface area contributed by atoms with Crippen molar-refractivity contribution in [1.29, 1.82) is 0 Å². The van der Waals surface area contributed by atoms with E-state index in [2.05, 4.69) is 30.4 Å². The van der Waals surface area contributed by atoms with Crippen LogP contribution < -0.4 is 4.74 Å². The fraction of sp³-hybridized carbons (Fsp3) is 0.143. The summed E-state index contributed by atoms with van der Waals surface area (Å²) in [7, 11) is 1.61. The number of hydrogen-bond acceptors (Lipinski definition) is 3. The third kappa shape index (κ3) is 2.04. The van der Waals surface area contributed by atoms with Gasteiger partial charge in [0.15, 0.2) is 17.1 Å². The molecule has 0 aliphatic heterocycles. The Morgan fingerprint density at radius 2 is 2.24 bits per heavy atom. The lowest BCUT2D eigenvalue weighted by molar-refractivity contribution is 0.409. The fourth-order valence-corrected chi connectivity index (χ4v) is 1.86. The normalized spacial score (nSPS) is 9.82. The molecule has 0 atom stereocenters. The van der Waals surface area contributed by atoms with Crippen molar-refractivity contribution in [2.45, 2.75) is 6.92 Å². The first-order valence-electron chi connectivity index (χ1n) is 5.09. The fourth-order valence-electron chi connectivity index (χ4n) is 1.75. The van der Waals surface area contributed by atoms with Crippen molar-refractivity contribution in [3.63, 3.8) is 0 Å². The zero-order valence-corrected chi connectivity index (χ0v) is 10.6. The third-order valence-corrected chi connectivity index (χ3v) is 2.62. The zero-order valence-electron chi connectivity index (χ0n) is 9.70. The van der Waals surface area contributed by atoms with Crippen LogP contribution in [0, 0.1) is 11.2 Å². The third-order valence-electron chi connectivity index (χ3n) is 2.51. The van der Waals surface area contributed by atoms with E-state index in [9.17, 15) is 0 Å². The number of furan rings is 1. The van der Waals surface area contributed by atoms with Gasteiger partial charge < -0.3 is 9.15 Å². The maximum Gasteiger partial charge on any atom is 0.179 e. The van der Waals surface area contributed by atoms with Crippen LogP contribution in [0.25, 0.3) is 16.5 Å². The van der Waals surface area contributed by atoms with Crippen LogP contribution in [0.4, 0.5) is 0 Å². The second-order valence-electron chi connectivity index (χ2n) is 3.69. The molecule has 2 aromatic rings. The second-order valence-corrected chi connectivity index (χ2v) is 3.91. The first-order valence-corrected chi connectivity index (χ1v) is 5.53. The average molecular weight is 244 g/mol. The number of thiol groups is 1. The molecule has 1 heterocycles. The molecule has 0 aliphatic carbocycles. The molecule has 0 aliphatic rings. The van der Waals surface area contributed by atoms with Gasteiger partial charge in [0.05, 0.1) is 7.11 Å². The number of rotatable bonds is 2. The van der Waals surface area contributed by atoms with Gasteiger partial charge in [-0.1, -0.05) is 30.8 Å². The summed E-state index contributed by atoms with van der Waals surface area (Å²) >= 11 is 3.86. The van der Waals surface area contributed by atoms with Crippen molar-refractivity contribution < 1.29 is 9.15 Å². The molecule has 2 rings (SSSR count). The molecule has 86 valence electrons. The summed E-state index contributed by atoms with van der Waals surface area (Å²) in [6.07, 6.45) is 0. The van der Waals surface area contributed by atoms with Gasteiger partial charge in [-0.15, -0.1) is 0 Å². The van der Waals surface area contributed by atoms with Crippen LogP contribution in [0.5, 0.6) is 5.75 Å². The molecular formula is C14H12O2S. The molecular weight excluding hydrogens is 232 g/mol. The molecule has 1 aromatic heterocycles. The van der Waals surface area contributed by atoms with Crippen molar-refractivity contribution in [1.82, 2.24) is 0 Å². The van der Waals surface area contributed by atoms with Gasteiger partial charge in [-0.2, -0.15) is 0 Å². The van der Waals surface area contributed by atoms with Crippen LogP contribution in [0.1, 0.15) is 18.2 Å². The van der Waals surface area contributed by atoms with Crippen LogP contribution in [0.2, 0.25) is 0 Å². The van der Waals surface area contributed by atoms with E-state index in [1.54, 1.807) is 7.11 Å². The molecule has 0 saturated heterocycles. The summed E-state index contributed by atoms with van der Waals surface area (Å²) < 4.78 is 10.9. The summed E-state index contributed by atoms with van der Waals surface area (Å²) in [6, 6.07) is 5.72. The van der Waals surface area contributed by atoms with Crippen LogP contribution in [-0.2, 0) is 0 Å². The Labute approximate surface area is 106 Å². The van der Waals surface area contributed by atoms with E-state index in [0.29, 0.717) is 17.1 Å². The first-order chi connectivity index (χ1) is 8.17. The molecule has 1 aromatic carbocycles. The molecule has 3 heteroatoms. The number of allylic oxidation sites excluding steroid dienone is 1. The highest BCUT2D eigenvalue weighted by Crippen LogP contribution is 2.33. The summed E-state index contributed by atoms with van der Waals surface area (Å²) in [6.45, 7) is 5.91. The molecule has 2 nitrogen and oxygen atoms in total. The highest BCUT2D eigenvalue weighted by molar-refractivity contribution is 7.85. The minimum absolute atomic E-state index is 0.571. The number of methoxy groups -OCH3 is 1. The van der Waals surface area contributed by atoms with E-state index in [4.69, 9.17) is 9.15 Å². The Hall–Kier alpha value is -1.79. The molecule has 0 fully saturated rings. The first kappa shape index (κ1) is 11.7. The number of fused-ring (bicyclic) bond motifs is 1. The minimum atomic E-state index is 0.571. The Balaban J connectivity index is 2.79. The summed E-state index contributed by atoms with van der Waals surface area (Å²) in [4.78, 5) is 0. The smallest absolute Gasteiger partial charge is 0.179 e. The quantitative estimate of drug-likeness (QED) is 0.642. The predicted molar refractivity (Wildman–Crippen MR) is 73.3 cm³/mol. The monoisotopic (exact) mass is 244 g/mol. The Kier molecular flexibility index (Phi) is 3.16. The van der Waals surface area contributed by atoms with E-state index in [1.165, 1.54) is 0 Å². The maximum absolute atomic E-state index is 5.63. The number of benzene rings is 1. The van der Waals surface area contributed by atoms with Crippen LogP contribution in [-0.4, -0.2) is 7.11 Å². The van der Waals surface area contributed by atoms with Gasteiger partial charge in [-0.3, -0.25) is 0 Å². The highest BCUT2D eigenvalue weighted by atomic mass is 32.1. The Bertz CT molecular complexity index is 641. The largest absolute Gasteiger partial charge is 0.493 e. The van der Waals surface area contributed by atoms with Crippen LogP contribution in [0.3, 0.4) is 0 Å². The highest BCUT2D eigenvalue weighted by Gasteiger charge is 2.12. The minimum Gasteiger partial charge on any atom is -0.493 e. The lowest BCUT2D eigenvalue weighted by atomic mass is 10.0. The van der Waals surface area contributed by atoms with Gasteiger partial charge in [-0.05, 0) is 29.7 Å². The van der Waals surface area contributed by atoms with Crippen LogP contribution in [0.15, 0.2) is 29.2 Å². The van der Waals surface area contributed by atoms with Gasteiger partial charge in [0.2, 0.25) is 0 Å².